The first-order valence-corrected chi connectivity index (χ1v) is 35.4. The molecular formula is C86H98BN3S. The predicted octanol–water partition coefficient (Wildman–Crippen LogP) is 22.8. The number of hydrogen-bond acceptors (Lipinski definition) is 4. The summed E-state index contributed by atoms with van der Waals surface area (Å²) in [6.45, 7) is 47.0. The average molecular weight is 1220 g/mol. The van der Waals surface area contributed by atoms with Crippen molar-refractivity contribution in [2.24, 2.45) is 0 Å². The van der Waals surface area contributed by atoms with Crippen LogP contribution in [0.15, 0.2) is 152 Å². The average Bonchev–Trinajstić information content (AvgIpc) is 1.08. The Hall–Kier alpha value is -6.82. The Morgan fingerprint density at radius 1 is 0.385 bits per heavy atom. The third-order valence-corrected chi connectivity index (χ3v) is 25.4. The monoisotopic (exact) mass is 1220 g/mol. The van der Waals surface area contributed by atoms with E-state index in [1.807, 2.05) is 0 Å². The van der Waals surface area contributed by atoms with E-state index in [2.05, 4.69) is 309 Å². The molecule has 6 aliphatic rings. The van der Waals surface area contributed by atoms with Gasteiger partial charge in [-0.05, 0) is 246 Å². The molecule has 0 radical (unpaired) electrons. The summed E-state index contributed by atoms with van der Waals surface area (Å²) in [7, 11) is 0. The van der Waals surface area contributed by atoms with Gasteiger partial charge in [0.15, 0.2) is 0 Å². The molecule has 466 valence electrons. The molecule has 0 amide bonds. The molecule has 0 saturated heterocycles. The molecule has 4 aliphatic carbocycles. The topological polar surface area (TPSA) is 9.72 Å². The zero-order valence-corrected chi connectivity index (χ0v) is 59.2. The van der Waals surface area contributed by atoms with E-state index >= 15 is 0 Å². The van der Waals surface area contributed by atoms with Gasteiger partial charge < -0.3 is 14.7 Å². The van der Waals surface area contributed by atoms with E-state index in [4.69, 9.17) is 0 Å². The van der Waals surface area contributed by atoms with Crippen LogP contribution in [0.1, 0.15) is 233 Å². The van der Waals surface area contributed by atoms with Crippen molar-refractivity contribution < 1.29 is 0 Å². The molecule has 0 unspecified atom stereocenters. The Balaban J connectivity index is 1.14. The fourth-order valence-corrected chi connectivity index (χ4v) is 19.1. The maximum Gasteiger partial charge on any atom is 0.264 e. The van der Waals surface area contributed by atoms with Crippen LogP contribution < -0.4 is 30.4 Å². The lowest BCUT2D eigenvalue weighted by Gasteiger charge is -2.48. The van der Waals surface area contributed by atoms with Crippen LogP contribution in [0.5, 0.6) is 0 Å². The quantitative estimate of drug-likeness (QED) is 0.154. The van der Waals surface area contributed by atoms with Crippen molar-refractivity contribution in [2.45, 2.75) is 232 Å². The van der Waals surface area contributed by atoms with Gasteiger partial charge in [0.05, 0.1) is 17.1 Å². The zero-order chi connectivity index (χ0) is 64.3. The summed E-state index contributed by atoms with van der Waals surface area (Å²) in [4.78, 5) is 8.21. The van der Waals surface area contributed by atoms with Gasteiger partial charge in [0.25, 0.3) is 6.71 Å². The summed E-state index contributed by atoms with van der Waals surface area (Å²) < 4.78 is 2.85. The first kappa shape index (κ1) is 60.4. The summed E-state index contributed by atoms with van der Waals surface area (Å²) in [6.07, 6.45) is 9.26. The fraction of sp³-hybridized carbons (Fsp3) is 0.419. The van der Waals surface area contributed by atoms with Gasteiger partial charge in [0, 0.05) is 54.6 Å². The molecule has 0 atom stereocenters. The number of para-hydroxylation sites is 1. The highest BCUT2D eigenvalue weighted by molar-refractivity contribution is 7.33. The maximum atomic E-state index is 2.81. The van der Waals surface area contributed by atoms with E-state index in [1.165, 1.54) is 146 Å². The van der Waals surface area contributed by atoms with Crippen LogP contribution in [0.4, 0.5) is 51.2 Å². The molecule has 0 spiro atoms. The summed E-state index contributed by atoms with van der Waals surface area (Å²) in [6, 6.07) is 61.5. The molecule has 0 saturated carbocycles. The molecule has 3 nitrogen and oxygen atoms in total. The SMILES string of the molecule is CC(C)(C)c1ccc(N2c3cc4c(cc3B3c5sc6cc7c(cc6c5N(c5ccc6c(c5)C(C)(C)CCC6(C)C)c5cc(N(c6ccccc6)c6ccc8c(c6)C(C)(C)CCC8(C)C)cc2c53)C(C)(C)CCC7(C)C)C(C)(C)CCC4(C)C)c(-c2ccccc2)c1. The minimum Gasteiger partial charge on any atom is -0.311 e. The third-order valence-electron chi connectivity index (χ3n) is 24.2. The van der Waals surface area contributed by atoms with E-state index in [-0.39, 0.29) is 55.4 Å². The summed E-state index contributed by atoms with van der Waals surface area (Å²) >= 11 is 2.09. The molecule has 91 heavy (non-hydrogen) atoms. The van der Waals surface area contributed by atoms with Gasteiger partial charge in [-0.15, -0.1) is 11.3 Å². The second-order valence-corrected chi connectivity index (χ2v) is 36.3. The molecule has 0 N–H and O–H groups in total. The number of thiophene rings is 1. The minimum atomic E-state index is -0.0735. The van der Waals surface area contributed by atoms with Crippen LogP contribution in [0.3, 0.4) is 0 Å². The molecule has 3 heterocycles. The van der Waals surface area contributed by atoms with Crippen LogP contribution in [0.2, 0.25) is 0 Å². The number of rotatable bonds is 6. The molecule has 15 rings (SSSR count). The van der Waals surface area contributed by atoms with E-state index in [1.54, 1.807) is 0 Å². The van der Waals surface area contributed by atoms with Crippen LogP contribution in [0, 0.1) is 0 Å². The lowest BCUT2D eigenvalue weighted by molar-refractivity contribution is 0.332. The van der Waals surface area contributed by atoms with Gasteiger partial charge in [-0.2, -0.15) is 0 Å². The summed E-state index contributed by atoms with van der Waals surface area (Å²) in [5, 5.41) is 1.38. The Labute approximate surface area is 550 Å². The Bertz CT molecular complexity index is 4480. The largest absolute Gasteiger partial charge is 0.311 e. The van der Waals surface area contributed by atoms with E-state index < -0.39 is 0 Å². The van der Waals surface area contributed by atoms with Crippen molar-refractivity contribution in [3.63, 3.8) is 0 Å². The third kappa shape index (κ3) is 9.35. The second-order valence-electron chi connectivity index (χ2n) is 35.2. The first-order chi connectivity index (χ1) is 42.7. The highest BCUT2D eigenvalue weighted by atomic mass is 32.1. The van der Waals surface area contributed by atoms with Gasteiger partial charge in [0.2, 0.25) is 0 Å². The normalized spacial score (nSPS) is 20.3. The van der Waals surface area contributed by atoms with Crippen molar-refractivity contribution in [1.82, 2.24) is 0 Å². The van der Waals surface area contributed by atoms with Crippen molar-refractivity contribution in [2.75, 3.05) is 14.7 Å². The molecular weight excluding hydrogens is 1120 g/mol. The second kappa shape index (κ2) is 19.9. The van der Waals surface area contributed by atoms with Gasteiger partial charge in [-0.25, -0.2) is 0 Å². The van der Waals surface area contributed by atoms with Gasteiger partial charge in [0.1, 0.15) is 0 Å². The molecule has 0 bridgehead atoms. The lowest BCUT2D eigenvalue weighted by Crippen LogP contribution is -2.61. The molecule has 9 aromatic rings. The smallest absolute Gasteiger partial charge is 0.264 e. The molecule has 0 fully saturated rings. The molecule has 8 aromatic carbocycles. The predicted molar refractivity (Wildman–Crippen MR) is 396 cm³/mol. The van der Waals surface area contributed by atoms with Crippen molar-refractivity contribution in [1.29, 1.82) is 0 Å². The van der Waals surface area contributed by atoms with Crippen LogP contribution in [-0.2, 0) is 48.7 Å². The number of fused-ring (bicyclic) bond motifs is 10. The highest BCUT2D eigenvalue weighted by Gasteiger charge is 2.50. The van der Waals surface area contributed by atoms with Crippen molar-refractivity contribution >= 4 is 95.0 Å². The van der Waals surface area contributed by atoms with E-state index in [9.17, 15) is 0 Å². The number of hydrogen-bond donors (Lipinski definition) is 0. The first-order valence-electron chi connectivity index (χ1n) is 34.6. The number of benzene rings is 8. The Morgan fingerprint density at radius 3 is 1.42 bits per heavy atom. The van der Waals surface area contributed by atoms with Crippen LogP contribution in [-0.4, -0.2) is 6.71 Å². The Kier molecular flexibility index (Phi) is 13.2. The van der Waals surface area contributed by atoms with Gasteiger partial charge >= 0.3 is 0 Å². The fourth-order valence-electron chi connectivity index (χ4n) is 17.7. The van der Waals surface area contributed by atoms with E-state index in [0.717, 1.165) is 43.5 Å². The minimum absolute atomic E-state index is 0.00392. The lowest BCUT2D eigenvalue weighted by atomic mass is 9.35. The van der Waals surface area contributed by atoms with Crippen LogP contribution in [0.25, 0.3) is 21.2 Å². The summed E-state index contributed by atoms with van der Waals surface area (Å²) in [5.74, 6) is 0. The molecule has 5 heteroatoms. The molecule has 2 aliphatic heterocycles. The van der Waals surface area contributed by atoms with E-state index in [0.29, 0.717) is 0 Å². The number of nitrogens with zero attached hydrogens (tertiary/aromatic N) is 3. The van der Waals surface area contributed by atoms with Crippen molar-refractivity contribution in [3.8, 4) is 11.1 Å². The van der Waals surface area contributed by atoms with Gasteiger partial charge in [-0.1, -0.05) is 204 Å². The number of anilines is 9. The van der Waals surface area contributed by atoms with Crippen molar-refractivity contribution in [3.05, 3.63) is 202 Å². The zero-order valence-electron chi connectivity index (χ0n) is 58.4. The highest BCUT2D eigenvalue weighted by Crippen LogP contribution is 2.58. The maximum absolute atomic E-state index is 2.81. The summed E-state index contributed by atoms with van der Waals surface area (Å²) in [5.41, 5.74) is 29.7. The van der Waals surface area contributed by atoms with Crippen LogP contribution >= 0.6 is 11.3 Å². The van der Waals surface area contributed by atoms with Gasteiger partial charge in [-0.3, -0.25) is 0 Å². The standard InChI is InChI=1S/C86H98BN3S/c1-78(2,3)54-30-35-70(59(44-54)53-26-22-20-23-27-53)90-71-51-67-66(84(14,15)41-42-85(67,16)17)50-69(71)87-75-72(47-58(48-73(75)90)88(55-28-24-21-25-29-55)56-31-33-61-63(45-56)81(8,9)38-36-79(61,4)5)89(57-32-34-62-64(46-57)82(10,11)39-37-80(62,6)7)76-60-49-65-68(52-74(60)91-77(76)87)86(18,19)43-40-83(65,12)13/h20-35,44-52H,36-43H2,1-19H3. The Morgan fingerprint density at radius 2 is 0.857 bits per heavy atom. The molecule has 1 aromatic heterocycles.